The standard InChI is InChI=1S/C17H29NO2/c1-7-18-12-17(3,4)9-8-14-11-16(20-6)15(19-5)10-13(14)2/h10-11,18H,7-9,12H2,1-6H3. The summed E-state index contributed by atoms with van der Waals surface area (Å²) >= 11 is 0. The summed E-state index contributed by atoms with van der Waals surface area (Å²) in [6.45, 7) is 11.0. The molecule has 114 valence electrons. The SMILES string of the molecule is CCNCC(C)(C)CCc1cc(OC)c(OC)cc1C. The van der Waals surface area contributed by atoms with Gasteiger partial charge in [0, 0.05) is 6.54 Å². The van der Waals surface area contributed by atoms with Crippen molar-refractivity contribution in [1.82, 2.24) is 5.32 Å². The molecule has 3 heteroatoms. The van der Waals surface area contributed by atoms with Gasteiger partial charge in [-0.3, -0.25) is 0 Å². The Morgan fingerprint density at radius 2 is 1.70 bits per heavy atom. The fourth-order valence-electron chi connectivity index (χ4n) is 2.32. The third kappa shape index (κ3) is 4.71. The van der Waals surface area contributed by atoms with Crippen LogP contribution in [0.4, 0.5) is 0 Å². The zero-order valence-corrected chi connectivity index (χ0v) is 13.8. The molecule has 0 aliphatic carbocycles. The number of hydrogen-bond donors (Lipinski definition) is 1. The monoisotopic (exact) mass is 279 g/mol. The van der Waals surface area contributed by atoms with E-state index >= 15 is 0 Å². The Hall–Kier alpha value is -1.22. The van der Waals surface area contributed by atoms with E-state index in [4.69, 9.17) is 9.47 Å². The molecule has 0 saturated carbocycles. The van der Waals surface area contributed by atoms with Gasteiger partial charge >= 0.3 is 0 Å². The van der Waals surface area contributed by atoms with Crippen LogP contribution in [0.15, 0.2) is 12.1 Å². The van der Waals surface area contributed by atoms with Crippen LogP contribution in [0.1, 0.15) is 38.3 Å². The molecule has 20 heavy (non-hydrogen) atoms. The number of benzene rings is 1. The molecule has 0 amide bonds. The number of hydrogen-bond acceptors (Lipinski definition) is 3. The lowest BCUT2D eigenvalue weighted by atomic mass is 9.85. The maximum absolute atomic E-state index is 5.39. The summed E-state index contributed by atoms with van der Waals surface area (Å²) in [5.74, 6) is 1.62. The Bertz CT molecular complexity index is 427. The first-order chi connectivity index (χ1) is 9.43. The second kappa shape index (κ2) is 7.53. The van der Waals surface area contributed by atoms with Crippen LogP contribution < -0.4 is 14.8 Å². The van der Waals surface area contributed by atoms with E-state index in [2.05, 4.69) is 45.1 Å². The van der Waals surface area contributed by atoms with Gasteiger partial charge in [-0.2, -0.15) is 0 Å². The molecule has 1 aromatic rings. The van der Waals surface area contributed by atoms with Gasteiger partial charge in [-0.15, -0.1) is 0 Å². The Labute approximate surface area is 123 Å². The molecule has 3 nitrogen and oxygen atoms in total. The average molecular weight is 279 g/mol. The van der Waals surface area contributed by atoms with Crippen molar-refractivity contribution in [3.05, 3.63) is 23.3 Å². The number of aryl methyl sites for hydroxylation is 2. The van der Waals surface area contributed by atoms with Crippen LogP contribution in [0.5, 0.6) is 11.5 Å². The van der Waals surface area contributed by atoms with E-state index < -0.39 is 0 Å². The second-order valence-electron chi connectivity index (χ2n) is 6.08. The molecule has 0 saturated heterocycles. The minimum Gasteiger partial charge on any atom is -0.493 e. The van der Waals surface area contributed by atoms with Crippen molar-refractivity contribution in [1.29, 1.82) is 0 Å². The van der Waals surface area contributed by atoms with Gasteiger partial charge in [0.15, 0.2) is 11.5 Å². The summed E-state index contributed by atoms with van der Waals surface area (Å²) in [5, 5.41) is 3.44. The van der Waals surface area contributed by atoms with Gasteiger partial charge in [-0.25, -0.2) is 0 Å². The van der Waals surface area contributed by atoms with E-state index in [9.17, 15) is 0 Å². The molecule has 1 N–H and O–H groups in total. The first kappa shape index (κ1) is 16.8. The second-order valence-corrected chi connectivity index (χ2v) is 6.08. The smallest absolute Gasteiger partial charge is 0.161 e. The van der Waals surface area contributed by atoms with Crippen molar-refractivity contribution in [2.24, 2.45) is 5.41 Å². The van der Waals surface area contributed by atoms with Gasteiger partial charge in [0.05, 0.1) is 14.2 Å². The normalized spacial score (nSPS) is 11.5. The maximum Gasteiger partial charge on any atom is 0.161 e. The van der Waals surface area contributed by atoms with Gasteiger partial charge in [0.25, 0.3) is 0 Å². The number of ether oxygens (including phenoxy) is 2. The molecule has 0 radical (unpaired) electrons. The summed E-state index contributed by atoms with van der Waals surface area (Å²) in [4.78, 5) is 0. The van der Waals surface area contributed by atoms with E-state index in [1.54, 1.807) is 14.2 Å². The van der Waals surface area contributed by atoms with Crippen LogP contribution in [0, 0.1) is 12.3 Å². The molecule has 1 aromatic carbocycles. The molecule has 0 spiro atoms. The fraction of sp³-hybridized carbons (Fsp3) is 0.647. The summed E-state index contributed by atoms with van der Waals surface area (Å²) in [7, 11) is 3.36. The minimum absolute atomic E-state index is 0.301. The predicted octanol–water partition coefficient (Wildman–Crippen LogP) is 3.58. The lowest BCUT2D eigenvalue weighted by Gasteiger charge is -2.25. The highest BCUT2D eigenvalue weighted by molar-refractivity contribution is 5.47. The molecule has 0 heterocycles. The fourth-order valence-corrected chi connectivity index (χ4v) is 2.32. The average Bonchev–Trinajstić information content (AvgIpc) is 2.43. The number of rotatable bonds is 8. The van der Waals surface area contributed by atoms with Gasteiger partial charge in [0.1, 0.15) is 0 Å². The van der Waals surface area contributed by atoms with Crippen molar-refractivity contribution in [3.8, 4) is 11.5 Å². The van der Waals surface area contributed by atoms with Crippen molar-refractivity contribution in [2.45, 2.75) is 40.5 Å². The quantitative estimate of drug-likeness (QED) is 0.789. The van der Waals surface area contributed by atoms with E-state index in [1.807, 2.05) is 0 Å². The highest BCUT2D eigenvalue weighted by atomic mass is 16.5. The Morgan fingerprint density at radius 1 is 1.10 bits per heavy atom. The first-order valence-electron chi connectivity index (χ1n) is 7.35. The summed E-state index contributed by atoms with van der Waals surface area (Å²) < 4.78 is 10.7. The number of methoxy groups -OCH3 is 2. The highest BCUT2D eigenvalue weighted by Crippen LogP contribution is 2.32. The topological polar surface area (TPSA) is 30.5 Å². The lowest BCUT2D eigenvalue weighted by Crippen LogP contribution is -2.29. The van der Waals surface area contributed by atoms with Gasteiger partial charge in [-0.05, 0) is 55.0 Å². The van der Waals surface area contributed by atoms with Crippen LogP contribution in [-0.2, 0) is 6.42 Å². The molecule has 0 aliphatic heterocycles. The highest BCUT2D eigenvalue weighted by Gasteiger charge is 2.18. The summed E-state index contributed by atoms with van der Waals surface area (Å²) in [6, 6.07) is 4.17. The van der Waals surface area contributed by atoms with Crippen LogP contribution in [0.3, 0.4) is 0 Å². The molecule has 0 bridgehead atoms. The van der Waals surface area contributed by atoms with Crippen molar-refractivity contribution in [3.63, 3.8) is 0 Å². The Balaban J connectivity index is 2.77. The molecule has 1 rings (SSSR count). The first-order valence-corrected chi connectivity index (χ1v) is 7.35. The van der Waals surface area contributed by atoms with Gasteiger partial charge in [-0.1, -0.05) is 20.8 Å². The lowest BCUT2D eigenvalue weighted by molar-refractivity contribution is 0.317. The Kier molecular flexibility index (Phi) is 6.34. The predicted molar refractivity (Wildman–Crippen MR) is 84.9 cm³/mol. The van der Waals surface area contributed by atoms with E-state index in [-0.39, 0.29) is 0 Å². The van der Waals surface area contributed by atoms with Crippen molar-refractivity contribution in [2.75, 3.05) is 27.3 Å². The molecule has 0 atom stereocenters. The molecular weight excluding hydrogens is 250 g/mol. The number of nitrogens with one attached hydrogen (secondary N) is 1. The van der Waals surface area contributed by atoms with Gasteiger partial charge in [0.2, 0.25) is 0 Å². The van der Waals surface area contributed by atoms with Gasteiger partial charge < -0.3 is 14.8 Å². The van der Waals surface area contributed by atoms with Crippen LogP contribution >= 0.6 is 0 Å². The molecular formula is C17H29NO2. The van der Waals surface area contributed by atoms with Crippen molar-refractivity contribution >= 4 is 0 Å². The summed E-state index contributed by atoms with van der Waals surface area (Å²) in [5.41, 5.74) is 2.91. The van der Waals surface area contributed by atoms with E-state index in [0.717, 1.165) is 37.4 Å². The van der Waals surface area contributed by atoms with E-state index in [0.29, 0.717) is 5.41 Å². The molecule has 0 aromatic heterocycles. The van der Waals surface area contributed by atoms with Crippen LogP contribution in [0.25, 0.3) is 0 Å². The summed E-state index contributed by atoms with van der Waals surface area (Å²) in [6.07, 6.45) is 2.21. The third-order valence-electron chi connectivity index (χ3n) is 3.77. The zero-order chi connectivity index (χ0) is 15.2. The zero-order valence-electron chi connectivity index (χ0n) is 13.8. The minimum atomic E-state index is 0.301. The largest absolute Gasteiger partial charge is 0.493 e. The van der Waals surface area contributed by atoms with E-state index in [1.165, 1.54) is 11.1 Å². The van der Waals surface area contributed by atoms with Crippen LogP contribution in [-0.4, -0.2) is 27.3 Å². The third-order valence-corrected chi connectivity index (χ3v) is 3.77. The molecule has 0 unspecified atom stereocenters. The molecule has 0 fully saturated rings. The maximum atomic E-state index is 5.39. The van der Waals surface area contributed by atoms with Crippen molar-refractivity contribution < 1.29 is 9.47 Å². The molecule has 0 aliphatic rings. The van der Waals surface area contributed by atoms with Crippen LogP contribution in [0.2, 0.25) is 0 Å². The Morgan fingerprint density at radius 3 is 2.25 bits per heavy atom.